The van der Waals surface area contributed by atoms with Crippen LogP contribution in [0.25, 0.3) is 0 Å². The van der Waals surface area contributed by atoms with Crippen LogP contribution in [0.4, 0.5) is 0 Å². The molecule has 1 fully saturated rings. The highest BCUT2D eigenvalue weighted by Gasteiger charge is 2.33. The molecule has 7 heteroatoms. The van der Waals surface area contributed by atoms with Crippen LogP contribution < -0.4 is 9.47 Å². The minimum absolute atomic E-state index is 0.279. The fourth-order valence-corrected chi connectivity index (χ4v) is 4.64. The zero-order valence-electron chi connectivity index (χ0n) is 13.6. The molecule has 0 spiro atoms. The summed E-state index contributed by atoms with van der Waals surface area (Å²) in [5.74, 6) is 1.79. The molecule has 1 aromatic rings. The first-order valence-electron chi connectivity index (χ1n) is 8.06. The molecule has 1 saturated heterocycles. The van der Waals surface area contributed by atoms with Gasteiger partial charge in [-0.05, 0) is 30.9 Å². The predicted octanol–water partition coefficient (Wildman–Crippen LogP) is 1.73. The number of fused-ring (bicyclic) bond motifs is 1. The normalized spacial score (nSPS) is 25.5. The Morgan fingerprint density at radius 2 is 2.04 bits per heavy atom. The Balaban J connectivity index is 1.64. The van der Waals surface area contributed by atoms with Crippen molar-refractivity contribution < 1.29 is 17.9 Å². The van der Waals surface area contributed by atoms with Gasteiger partial charge in [-0.3, -0.25) is 0 Å². The van der Waals surface area contributed by atoms with Gasteiger partial charge in [-0.25, -0.2) is 0 Å². The first-order chi connectivity index (χ1) is 11.0. The lowest BCUT2D eigenvalue weighted by Crippen LogP contribution is -2.49. The van der Waals surface area contributed by atoms with E-state index in [1.54, 1.807) is 11.4 Å². The maximum atomic E-state index is 12.7. The molecule has 0 aliphatic carbocycles. The number of likely N-dealkylation sites (N-methyl/N-ethyl adjacent to an activating group) is 1. The van der Waals surface area contributed by atoms with Gasteiger partial charge in [0.2, 0.25) is 0 Å². The maximum Gasteiger partial charge on any atom is 0.281 e. The molecule has 2 atom stereocenters. The third-order valence-corrected chi connectivity index (χ3v) is 6.29. The zero-order chi connectivity index (χ0) is 16.4. The summed E-state index contributed by atoms with van der Waals surface area (Å²) in [6, 6.07) is 7.44. The number of nitrogens with zero attached hydrogens (tertiary/aromatic N) is 2. The molecule has 3 rings (SSSR count). The molecule has 1 aromatic carbocycles. The Bertz CT molecular complexity index is 649. The molecule has 0 unspecified atom stereocenters. The van der Waals surface area contributed by atoms with Crippen LogP contribution in [-0.4, -0.2) is 56.4 Å². The van der Waals surface area contributed by atoms with Crippen LogP contribution in [0.1, 0.15) is 19.8 Å². The molecule has 23 heavy (non-hydrogen) atoms. The highest BCUT2D eigenvalue weighted by Crippen LogP contribution is 2.31. The number of ether oxygens (including phenoxy) is 2. The van der Waals surface area contributed by atoms with Crippen LogP contribution >= 0.6 is 0 Å². The first-order valence-corrected chi connectivity index (χ1v) is 9.46. The summed E-state index contributed by atoms with van der Waals surface area (Å²) in [7, 11) is -1.83. The van der Waals surface area contributed by atoms with Crippen molar-refractivity contribution in [3.8, 4) is 11.5 Å². The lowest BCUT2D eigenvalue weighted by Gasteiger charge is -2.35. The topological polar surface area (TPSA) is 59.1 Å². The van der Waals surface area contributed by atoms with Crippen molar-refractivity contribution in [1.82, 2.24) is 8.61 Å². The molecule has 0 aromatic heterocycles. The highest BCUT2D eigenvalue weighted by molar-refractivity contribution is 7.86. The van der Waals surface area contributed by atoms with Crippen molar-refractivity contribution in [1.29, 1.82) is 0 Å². The molecule has 128 valence electrons. The Kier molecular flexibility index (Phi) is 4.79. The van der Waals surface area contributed by atoms with Crippen LogP contribution in [0.2, 0.25) is 0 Å². The SMILES string of the molecule is C[C@@H]1CCCN(S(=O)(=O)N(C)C[C@@H]2COc3ccccc3O2)C1. The molecule has 6 nitrogen and oxygen atoms in total. The monoisotopic (exact) mass is 340 g/mol. The standard InChI is InChI=1S/C16H24N2O4S/c1-13-6-5-9-18(10-13)23(19,20)17(2)11-14-12-21-15-7-3-4-8-16(15)22-14/h3-4,7-8,13-14H,5-6,9-12H2,1-2H3/t13-,14-/m1/s1. The van der Waals surface area contributed by atoms with E-state index in [1.807, 2.05) is 24.3 Å². The van der Waals surface area contributed by atoms with E-state index < -0.39 is 10.2 Å². The Morgan fingerprint density at radius 3 is 2.78 bits per heavy atom. The average molecular weight is 340 g/mol. The molecular formula is C16H24N2O4S. The van der Waals surface area contributed by atoms with Crippen LogP contribution in [0.5, 0.6) is 11.5 Å². The van der Waals surface area contributed by atoms with Gasteiger partial charge in [0.25, 0.3) is 10.2 Å². The van der Waals surface area contributed by atoms with Crippen LogP contribution in [0, 0.1) is 5.92 Å². The summed E-state index contributed by atoms with van der Waals surface area (Å²) in [6.07, 6.45) is 1.71. The van der Waals surface area contributed by atoms with E-state index in [-0.39, 0.29) is 12.6 Å². The van der Waals surface area contributed by atoms with Gasteiger partial charge in [0.05, 0.1) is 6.54 Å². The van der Waals surface area contributed by atoms with Gasteiger partial charge < -0.3 is 9.47 Å². The first kappa shape index (κ1) is 16.5. The van der Waals surface area contributed by atoms with E-state index in [9.17, 15) is 8.42 Å². The Morgan fingerprint density at radius 1 is 1.30 bits per heavy atom. The minimum atomic E-state index is -3.44. The molecule has 2 aliphatic rings. The number of para-hydroxylation sites is 2. The quantitative estimate of drug-likeness (QED) is 0.838. The van der Waals surface area contributed by atoms with E-state index in [4.69, 9.17) is 9.47 Å². The van der Waals surface area contributed by atoms with Gasteiger partial charge in [-0.15, -0.1) is 0 Å². The summed E-state index contributed by atoms with van der Waals surface area (Å²) in [5, 5.41) is 0. The fourth-order valence-electron chi connectivity index (χ4n) is 3.09. The summed E-state index contributed by atoms with van der Waals surface area (Å²) >= 11 is 0. The second-order valence-corrected chi connectivity index (χ2v) is 8.43. The van der Waals surface area contributed by atoms with E-state index in [1.165, 1.54) is 4.31 Å². The van der Waals surface area contributed by atoms with E-state index in [2.05, 4.69) is 6.92 Å². The molecular weight excluding hydrogens is 316 g/mol. The summed E-state index contributed by atoms with van der Waals surface area (Å²) in [4.78, 5) is 0. The number of rotatable bonds is 4. The number of hydrogen-bond acceptors (Lipinski definition) is 4. The highest BCUT2D eigenvalue weighted by atomic mass is 32.2. The van der Waals surface area contributed by atoms with Crippen LogP contribution in [0.3, 0.4) is 0 Å². The molecule has 2 aliphatic heterocycles. The van der Waals surface area contributed by atoms with Crippen molar-refractivity contribution in [2.24, 2.45) is 5.92 Å². The molecule has 0 saturated carbocycles. The molecule has 0 amide bonds. The zero-order valence-corrected chi connectivity index (χ0v) is 14.5. The number of piperidine rings is 1. The van der Waals surface area contributed by atoms with Crippen molar-refractivity contribution in [3.05, 3.63) is 24.3 Å². The lowest BCUT2D eigenvalue weighted by molar-refractivity contribution is 0.0784. The van der Waals surface area contributed by atoms with Gasteiger partial charge in [0.1, 0.15) is 12.7 Å². The average Bonchev–Trinajstić information content (AvgIpc) is 2.54. The van der Waals surface area contributed by atoms with Crippen molar-refractivity contribution in [2.45, 2.75) is 25.9 Å². The maximum absolute atomic E-state index is 12.7. The second kappa shape index (κ2) is 6.67. The fraction of sp³-hybridized carbons (Fsp3) is 0.625. The second-order valence-electron chi connectivity index (χ2n) is 6.39. The van der Waals surface area contributed by atoms with Crippen molar-refractivity contribution >= 4 is 10.2 Å². The van der Waals surface area contributed by atoms with Gasteiger partial charge in [0, 0.05) is 20.1 Å². The molecule has 0 bridgehead atoms. The third kappa shape index (κ3) is 3.62. The van der Waals surface area contributed by atoms with E-state index >= 15 is 0 Å². The third-order valence-electron chi connectivity index (χ3n) is 4.37. The van der Waals surface area contributed by atoms with Gasteiger partial charge in [-0.1, -0.05) is 19.1 Å². The summed E-state index contributed by atoms with van der Waals surface area (Å²) in [6.45, 7) is 3.92. The van der Waals surface area contributed by atoms with E-state index in [0.717, 1.165) is 12.8 Å². The van der Waals surface area contributed by atoms with E-state index in [0.29, 0.717) is 37.1 Å². The van der Waals surface area contributed by atoms with Gasteiger partial charge in [-0.2, -0.15) is 17.0 Å². The van der Waals surface area contributed by atoms with Crippen molar-refractivity contribution in [2.75, 3.05) is 33.3 Å². The summed E-state index contributed by atoms with van der Waals surface area (Å²) in [5.41, 5.74) is 0. The molecule has 0 N–H and O–H groups in total. The van der Waals surface area contributed by atoms with Gasteiger partial charge in [0.15, 0.2) is 11.5 Å². The number of benzene rings is 1. The largest absolute Gasteiger partial charge is 0.486 e. The Hall–Kier alpha value is -1.31. The molecule has 0 radical (unpaired) electrons. The molecule has 2 heterocycles. The lowest BCUT2D eigenvalue weighted by atomic mass is 10.0. The Labute approximate surface area is 138 Å². The van der Waals surface area contributed by atoms with Crippen LogP contribution in [0.15, 0.2) is 24.3 Å². The minimum Gasteiger partial charge on any atom is -0.486 e. The summed E-state index contributed by atoms with van der Waals surface area (Å²) < 4.78 is 39.9. The van der Waals surface area contributed by atoms with Crippen molar-refractivity contribution in [3.63, 3.8) is 0 Å². The predicted molar refractivity (Wildman–Crippen MR) is 87.9 cm³/mol. The smallest absolute Gasteiger partial charge is 0.281 e. The van der Waals surface area contributed by atoms with Gasteiger partial charge >= 0.3 is 0 Å². The van der Waals surface area contributed by atoms with Crippen LogP contribution in [-0.2, 0) is 10.2 Å². The number of hydrogen-bond donors (Lipinski definition) is 0.